The molecule has 1 fully saturated rings. The van der Waals surface area contributed by atoms with Crippen molar-refractivity contribution >= 4 is 18.0 Å². The van der Waals surface area contributed by atoms with E-state index in [-0.39, 0.29) is 25.0 Å². The predicted octanol–water partition coefficient (Wildman–Crippen LogP) is 1.83. The Hall–Kier alpha value is -3.47. The van der Waals surface area contributed by atoms with Gasteiger partial charge in [0, 0.05) is 17.8 Å². The van der Waals surface area contributed by atoms with E-state index in [0.717, 1.165) is 22.3 Å². The average molecular weight is 513 g/mol. The average Bonchev–Trinajstić information content (AvgIpc) is 3.21. The van der Waals surface area contributed by atoms with Gasteiger partial charge < -0.3 is 35.4 Å². The van der Waals surface area contributed by atoms with Gasteiger partial charge in [-0.05, 0) is 22.3 Å². The summed E-state index contributed by atoms with van der Waals surface area (Å²) in [5.41, 5.74) is 4.17. The molecule has 2 aromatic carbocycles. The molecule has 10 heteroatoms. The molecule has 2 aromatic rings. The lowest BCUT2D eigenvalue weighted by Gasteiger charge is -2.42. The van der Waals surface area contributed by atoms with Crippen LogP contribution in [0.3, 0.4) is 0 Å². The summed E-state index contributed by atoms with van der Waals surface area (Å²) < 4.78 is 11.1. The van der Waals surface area contributed by atoms with Crippen LogP contribution in [-0.4, -0.2) is 71.0 Å². The number of aliphatic hydroxyl groups excluding tert-OH is 2. The topological polar surface area (TPSA) is 154 Å². The van der Waals surface area contributed by atoms with Crippen LogP contribution in [0.1, 0.15) is 37.3 Å². The number of fused-ring (bicyclic) bond motifs is 3. The Kier molecular flexibility index (Phi) is 8.11. The molecule has 4 rings (SSSR count). The zero-order valence-corrected chi connectivity index (χ0v) is 20.7. The van der Waals surface area contributed by atoms with Crippen molar-refractivity contribution in [2.45, 2.75) is 50.7 Å². The van der Waals surface area contributed by atoms with Gasteiger partial charge in [0.2, 0.25) is 5.91 Å². The van der Waals surface area contributed by atoms with Crippen LogP contribution in [-0.2, 0) is 19.1 Å². The first-order valence-electron chi connectivity index (χ1n) is 12.3. The van der Waals surface area contributed by atoms with Gasteiger partial charge in [0.1, 0.15) is 18.9 Å². The summed E-state index contributed by atoms with van der Waals surface area (Å²) in [6, 6.07) is 14.1. The monoisotopic (exact) mass is 512 g/mol. The lowest BCUT2D eigenvalue weighted by molar-refractivity contribution is -0.186. The minimum absolute atomic E-state index is 0.00441. The molecule has 1 aliphatic carbocycles. The van der Waals surface area contributed by atoms with Crippen molar-refractivity contribution in [1.29, 1.82) is 0 Å². The van der Waals surface area contributed by atoms with E-state index in [4.69, 9.17) is 9.47 Å². The highest BCUT2D eigenvalue weighted by molar-refractivity contribution is 5.87. The van der Waals surface area contributed by atoms with Crippen LogP contribution in [0.2, 0.25) is 0 Å². The Morgan fingerprint density at radius 3 is 2.16 bits per heavy atom. The zero-order chi connectivity index (χ0) is 26.7. The van der Waals surface area contributed by atoms with E-state index in [2.05, 4.69) is 10.6 Å². The highest BCUT2D eigenvalue weighted by Gasteiger charge is 2.41. The number of hydrogen-bond acceptors (Lipinski definition) is 7. The van der Waals surface area contributed by atoms with Crippen molar-refractivity contribution in [3.63, 3.8) is 0 Å². The number of carbonyl (C=O) groups is 3. The minimum atomic E-state index is -1.54. The molecule has 0 spiro atoms. The number of benzene rings is 2. The molecule has 2 amide bonds. The lowest BCUT2D eigenvalue weighted by Crippen LogP contribution is -2.57. The number of aliphatic carboxylic acids is 1. The SMILES string of the molecule is C[C@@H]1C(CO)O[C@@H](NC(=O)CC(NC(=O)OCC2c3ccccc3-c3ccccc32)C(=O)O)[C@@H](C)C1O. The molecule has 37 heavy (non-hydrogen) atoms. The Balaban J connectivity index is 1.34. The van der Waals surface area contributed by atoms with Gasteiger partial charge in [0.25, 0.3) is 0 Å². The molecule has 2 aliphatic rings. The van der Waals surface area contributed by atoms with Crippen LogP contribution in [0.15, 0.2) is 48.5 Å². The van der Waals surface area contributed by atoms with Gasteiger partial charge in [-0.3, -0.25) is 4.79 Å². The third-order valence-corrected chi connectivity index (χ3v) is 7.27. The van der Waals surface area contributed by atoms with E-state index in [1.165, 1.54) is 0 Å². The molecule has 5 N–H and O–H groups in total. The van der Waals surface area contributed by atoms with Crippen molar-refractivity contribution < 1.29 is 39.2 Å². The third-order valence-electron chi connectivity index (χ3n) is 7.27. The normalized spacial score (nSPS) is 25.5. The van der Waals surface area contributed by atoms with Gasteiger partial charge in [-0.25, -0.2) is 9.59 Å². The maximum Gasteiger partial charge on any atom is 0.407 e. The molecule has 6 atom stereocenters. The summed E-state index contributed by atoms with van der Waals surface area (Å²) >= 11 is 0. The fourth-order valence-electron chi connectivity index (χ4n) is 5.07. The quantitative estimate of drug-likeness (QED) is 0.359. The van der Waals surface area contributed by atoms with Crippen LogP contribution >= 0.6 is 0 Å². The van der Waals surface area contributed by atoms with Crippen LogP contribution in [0.5, 0.6) is 0 Å². The Morgan fingerprint density at radius 1 is 1.00 bits per heavy atom. The van der Waals surface area contributed by atoms with E-state index >= 15 is 0 Å². The van der Waals surface area contributed by atoms with Crippen molar-refractivity contribution in [3.8, 4) is 11.1 Å². The largest absolute Gasteiger partial charge is 0.480 e. The number of alkyl carbamates (subject to hydrolysis) is 1. The van der Waals surface area contributed by atoms with Gasteiger partial charge in [-0.1, -0.05) is 62.4 Å². The van der Waals surface area contributed by atoms with E-state index in [9.17, 15) is 29.7 Å². The Bertz CT molecular complexity index is 1110. The smallest absolute Gasteiger partial charge is 0.407 e. The maximum atomic E-state index is 12.6. The molecule has 0 aromatic heterocycles. The summed E-state index contributed by atoms with van der Waals surface area (Å²) in [5.74, 6) is -3.11. The summed E-state index contributed by atoms with van der Waals surface area (Å²) in [6.07, 6.45) is -3.94. The first kappa shape index (κ1) is 26.6. The second-order valence-electron chi connectivity index (χ2n) is 9.62. The molecule has 0 saturated carbocycles. The van der Waals surface area contributed by atoms with Gasteiger partial charge in [-0.15, -0.1) is 0 Å². The minimum Gasteiger partial charge on any atom is -0.480 e. The van der Waals surface area contributed by atoms with E-state index in [1.807, 2.05) is 48.5 Å². The van der Waals surface area contributed by atoms with Crippen LogP contribution in [0.4, 0.5) is 4.79 Å². The molecule has 1 aliphatic heterocycles. The predicted molar refractivity (Wildman–Crippen MR) is 132 cm³/mol. The Morgan fingerprint density at radius 2 is 1.59 bits per heavy atom. The first-order chi connectivity index (χ1) is 17.7. The van der Waals surface area contributed by atoms with Gasteiger partial charge >= 0.3 is 12.1 Å². The molecular weight excluding hydrogens is 480 g/mol. The fraction of sp³-hybridized carbons (Fsp3) is 0.444. The second-order valence-corrected chi connectivity index (χ2v) is 9.62. The summed E-state index contributed by atoms with van der Waals surface area (Å²) in [4.78, 5) is 36.9. The number of nitrogens with one attached hydrogen (secondary N) is 2. The van der Waals surface area contributed by atoms with E-state index in [0.29, 0.717) is 0 Å². The molecule has 0 radical (unpaired) electrons. The molecular formula is C27H32N2O8. The van der Waals surface area contributed by atoms with Crippen molar-refractivity contribution in [3.05, 3.63) is 59.7 Å². The number of carboxylic acids is 1. The number of aliphatic hydroxyl groups is 2. The number of hydrogen-bond donors (Lipinski definition) is 5. The van der Waals surface area contributed by atoms with Crippen molar-refractivity contribution in [2.75, 3.05) is 13.2 Å². The van der Waals surface area contributed by atoms with Gasteiger partial charge in [0.15, 0.2) is 0 Å². The number of rotatable bonds is 8. The standard InChI is InChI=1S/C27H32N2O8/c1-14-22(12-30)37-25(15(2)24(14)32)29-23(31)11-21(26(33)34)28-27(35)36-13-20-18-9-5-3-7-16(18)17-8-4-6-10-19(17)20/h3-10,14-15,20-22,24-25,30,32H,11-13H2,1-2H3,(H,28,35)(H,29,31)(H,33,34)/t14-,15+,21?,22?,24?,25-/m1/s1. The highest BCUT2D eigenvalue weighted by atomic mass is 16.5. The number of amides is 2. The zero-order valence-electron chi connectivity index (χ0n) is 20.7. The second kappa shape index (κ2) is 11.3. The first-order valence-corrected chi connectivity index (χ1v) is 12.3. The number of carbonyl (C=O) groups excluding carboxylic acids is 2. The van der Waals surface area contributed by atoms with Gasteiger partial charge in [0.05, 0.1) is 25.2 Å². The molecule has 1 saturated heterocycles. The summed E-state index contributed by atoms with van der Waals surface area (Å²) in [6.45, 7) is 3.09. The summed E-state index contributed by atoms with van der Waals surface area (Å²) in [5, 5.41) is 34.2. The molecule has 3 unspecified atom stereocenters. The molecule has 10 nitrogen and oxygen atoms in total. The number of carboxylic acid groups (broad SMARTS) is 1. The Labute approximate surface area is 214 Å². The summed E-state index contributed by atoms with van der Waals surface area (Å²) in [7, 11) is 0. The van der Waals surface area contributed by atoms with Crippen molar-refractivity contribution in [2.24, 2.45) is 11.8 Å². The highest BCUT2D eigenvalue weighted by Crippen LogP contribution is 2.44. The third kappa shape index (κ3) is 5.61. The van der Waals surface area contributed by atoms with Crippen LogP contribution < -0.4 is 10.6 Å². The van der Waals surface area contributed by atoms with Crippen LogP contribution in [0.25, 0.3) is 11.1 Å². The van der Waals surface area contributed by atoms with E-state index in [1.54, 1.807) is 13.8 Å². The number of ether oxygens (including phenoxy) is 2. The maximum absolute atomic E-state index is 12.6. The van der Waals surface area contributed by atoms with E-state index < -0.39 is 54.8 Å². The molecule has 198 valence electrons. The molecule has 0 bridgehead atoms. The fourth-order valence-corrected chi connectivity index (χ4v) is 5.07. The molecule has 1 heterocycles. The lowest BCUT2D eigenvalue weighted by atomic mass is 9.85. The van der Waals surface area contributed by atoms with Crippen molar-refractivity contribution in [1.82, 2.24) is 10.6 Å². The van der Waals surface area contributed by atoms with Crippen LogP contribution in [0, 0.1) is 11.8 Å². The van der Waals surface area contributed by atoms with Gasteiger partial charge in [-0.2, -0.15) is 0 Å².